The molecule has 0 saturated carbocycles. The summed E-state index contributed by atoms with van der Waals surface area (Å²) in [4.78, 5) is 8.94. The fraction of sp³-hybridized carbons (Fsp3) is 0.636. The lowest BCUT2D eigenvalue weighted by Crippen LogP contribution is -2.41. The molecule has 1 aliphatic rings. The molecule has 0 bridgehead atoms. The topological polar surface area (TPSA) is 37.8 Å². The van der Waals surface area contributed by atoms with Crippen LogP contribution in [0.15, 0.2) is 12.3 Å². The van der Waals surface area contributed by atoms with Gasteiger partial charge < -0.3 is 5.32 Å². The largest absolute Gasteiger partial charge is 0.315 e. The molecule has 1 aliphatic heterocycles. The number of hydrogen-bond acceptors (Lipinski definition) is 3. The van der Waals surface area contributed by atoms with Crippen LogP contribution in [0.1, 0.15) is 38.2 Å². The Bertz CT molecular complexity index is 324. The van der Waals surface area contributed by atoms with Crippen LogP contribution in [0.5, 0.6) is 0 Å². The first-order valence-electron chi connectivity index (χ1n) is 5.11. The highest BCUT2D eigenvalue weighted by atomic mass is 15.0. The lowest BCUT2D eigenvalue weighted by molar-refractivity contribution is 0.425. The lowest BCUT2D eigenvalue weighted by Gasteiger charge is -2.27. The van der Waals surface area contributed by atoms with Gasteiger partial charge in [0.1, 0.15) is 5.82 Å². The first-order chi connectivity index (χ1) is 6.57. The molecule has 1 aromatic rings. The molecule has 0 aliphatic carbocycles. The highest BCUT2D eigenvalue weighted by molar-refractivity contribution is 5.15. The van der Waals surface area contributed by atoms with Crippen molar-refractivity contribution in [3.63, 3.8) is 0 Å². The molecule has 2 heterocycles. The second-order valence-corrected chi connectivity index (χ2v) is 4.91. The van der Waals surface area contributed by atoms with E-state index in [1.165, 1.54) is 0 Å². The third-order valence-electron chi connectivity index (χ3n) is 2.59. The third kappa shape index (κ3) is 1.77. The van der Waals surface area contributed by atoms with Gasteiger partial charge in [-0.15, -0.1) is 0 Å². The molecule has 0 atom stereocenters. The Morgan fingerprint density at radius 1 is 1.36 bits per heavy atom. The molecule has 1 fully saturated rings. The molecule has 0 aromatic carbocycles. The average molecular weight is 191 g/mol. The van der Waals surface area contributed by atoms with Gasteiger partial charge >= 0.3 is 0 Å². The normalized spacial score (nSPS) is 17.9. The van der Waals surface area contributed by atoms with E-state index in [1.807, 2.05) is 12.3 Å². The second-order valence-electron chi connectivity index (χ2n) is 4.91. The van der Waals surface area contributed by atoms with Crippen LogP contribution >= 0.6 is 0 Å². The summed E-state index contributed by atoms with van der Waals surface area (Å²) < 4.78 is 0. The number of hydrogen-bond donors (Lipinski definition) is 1. The molecule has 0 amide bonds. The SMILES string of the molecule is CC(C)(C)c1ccnc(C2CNC2)n1. The van der Waals surface area contributed by atoms with Crippen LogP contribution in [0.4, 0.5) is 0 Å². The molecule has 3 nitrogen and oxygen atoms in total. The molecule has 1 aromatic heterocycles. The summed E-state index contributed by atoms with van der Waals surface area (Å²) in [7, 11) is 0. The van der Waals surface area contributed by atoms with Crippen LogP contribution < -0.4 is 5.32 Å². The first kappa shape index (κ1) is 9.59. The number of nitrogens with one attached hydrogen (secondary N) is 1. The van der Waals surface area contributed by atoms with E-state index >= 15 is 0 Å². The summed E-state index contributed by atoms with van der Waals surface area (Å²) in [5, 5.41) is 3.24. The second kappa shape index (κ2) is 3.31. The van der Waals surface area contributed by atoms with Crippen LogP contribution in [0.2, 0.25) is 0 Å². The van der Waals surface area contributed by atoms with Gasteiger partial charge in [0.05, 0.1) is 0 Å². The minimum absolute atomic E-state index is 0.120. The van der Waals surface area contributed by atoms with Crippen LogP contribution in [0, 0.1) is 0 Å². The summed E-state index contributed by atoms with van der Waals surface area (Å²) in [6.45, 7) is 8.58. The van der Waals surface area contributed by atoms with E-state index in [-0.39, 0.29) is 5.41 Å². The molecule has 1 saturated heterocycles. The standard InChI is InChI=1S/C11H17N3/c1-11(2,3)9-4-5-13-10(14-9)8-6-12-7-8/h4-5,8,12H,6-7H2,1-3H3. The van der Waals surface area contributed by atoms with Crippen molar-refractivity contribution in [1.82, 2.24) is 15.3 Å². The van der Waals surface area contributed by atoms with Crippen molar-refractivity contribution in [2.45, 2.75) is 32.1 Å². The van der Waals surface area contributed by atoms with Gasteiger partial charge in [-0.1, -0.05) is 20.8 Å². The van der Waals surface area contributed by atoms with Gasteiger partial charge in [-0.2, -0.15) is 0 Å². The number of rotatable bonds is 1. The van der Waals surface area contributed by atoms with Gasteiger partial charge in [0.15, 0.2) is 0 Å². The zero-order valence-corrected chi connectivity index (χ0v) is 9.04. The lowest BCUT2D eigenvalue weighted by atomic mass is 9.91. The van der Waals surface area contributed by atoms with E-state index in [9.17, 15) is 0 Å². The van der Waals surface area contributed by atoms with Crippen molar-refractivity contribution in [2.24, 2.45) is 0 Å². The van der Waals surface area contributed by atoms with Crippen LogP contribution in [-0.2, 0) is 5.41 Å². The van der Waals surface area contributed by atoms with Gasteiger partial charge in [-0.05, 0) is 6.07 Å². The molecule has 3 heteroatoms. The van der Waals surface area contributed by atoms with Crippen molar-refractivity contribution in [1.29, 1.82) is 0 Å². The molecular formula is C11H17N3. The van der Waals surface area contributed by atoms with E-state index in [1.54, 1.807) is 0 Å². The van der Waals surface area contributed by atoms with E-state index in [2.05, 4.69) is 36.1 Å². The molecule has 0 unspecified atom stereocenters. The average Bonchev–Trinajstić information content (AvgIpc) is 2.00. The van der Waals surface area contributed by atoms with Crippen LogP contribution in [0.3, 0.4) is 0 Å². The molecule has 76 valence electrons. The van der Waals surface area contributed by atoms with Crippen molar-refractivity contribution in [2.75, 3.05) is 13.1 Å². The molecule has 0 spiro atoms. The first-order valence-corrected chi connectivity index (χ1v) is 5.11. The maximum atomic E-state index is 4.61. The van der Waals surface area contributed by atoms with Gasteiger partial charge in [-0.25, -0.2) is 9.97 Å². The predicted octanol–water partition coefficient (Wildman–Crippen LogP) is 1.46. The van der Waals surface area contributed by atoms with E-state index in [4.69, 9.17) is 0 Å². The van der Waals surface area contributed by atoms with Crippen molar-refractivity contribution < 1.29 is 0 Å². The van der Waals surface area contributed by atoms with Gasteiger partial charge in [0.25, 0.3) is 0 Å². The smallest absolute Gasteiger partial charge is 0.134 e. The maximum Gasteiger partial charge on any atom is 0.134 e. The fourth-order valence-corrected chi connectivity index (χ4v) is 1.46. The van der Waals surface area contributed by atoms with Crippen molar-refractivity contribution in [3.8, 4) is 0 Å². The Balaban J connectivity index is 2.26. The maximum absolute atomic E-state index is 4.61. The number of aromatic nitrogens is 2. The molecular weight excluding hydrogens is 174 g/mol. The Labute approximate surface area is 85.0 Å². The third-order valence-corrected chi connectivity index (χ3v) is 2.59. The predicted molar refractivity (Wildman–Crippen MR) is 56.3 cm³/mol. The molecule has 14 heavy (non-hydrogen) atoms. The van der Waals surface area contributed by atoms with Crippen molar-refractivity contribution >= 4 is 0 Å². The van der Waals surface area contributed by atoms with E-state index in [0.29, 0.717) is 5.92 Å². The Kier molecular flexibility index (Phi) is 2.27. The minimum Gasteiger partial charge on any atom is -0.315 e. The van der Waals surface area contributed by atoms with Crippen LogP contribution in [-0.4, -0.2) is 23.1 Å². The zero-order chi connectivity index (χ0) is 10.2. The molecule has 2 rings (SSSR count). The van der Waals surface area contributed by atoms with Crippen molar-refractivity contribution in [3.05, 3.63) is 23.8 Å². The van der Waals surface area contributed by atoms with Crippen LogP contribution in [0.25, 0.3) is 0 Å². The van der Waals surface area contributed by atoms with E-state index in [0.717, 1.165) is 24.6 Å². The Morgan fingerprint density at radius 3 is 2.57 bits per heavy atom. The monoisotopic (exact) mass is 191 g/mol. The van der Waals surface area contributed by atoms with Gasteiger partial charge in [-0.3, -0.25) is 0 Å². The highest BCUT2D eigenvalue weighted by Crippen LogP contribution is 2.22. The van der Waals surface area contributed by atoms with E-state index < -0.39 is 0 Å². The quantitative estimate of drug-likeness (QED) is 0.730. The Morgan fingerprint density at radius 2 is 2.07 bits per heavy atom. The molecule has 0 radical (unpaired) electrons. The summed E-state index contributed by atoms with van der Waals surface area (Å²) in [5.41, 5.74) is 1.25. The summed E-state index contributed by atoms with van der Waals surface area (Å²) >= 11 is 0. The molecule has 1 N–H and O–H groups in total. The zero-order valence-electron chi connectivity index (χ0n) is 9.04. The van der Waals surface area contributed by atoms with Gasteiger partial charge in [0, 0.05) is 36.3 Å². The number of nitrogens with zero attached hydrogens (tertiary/aromatic N) is 2. The fourth-order valence-electron chi connectivity index (χ4n) is 1.46. The highest BCUT2D eigenvalue weighted by Gasteiger charge is 2.23. The minimum atomic E-state index is 0.120. The van der Waals surface area contributed by atoms with Gasteiger partial charge in [0.2, 0.25) is 0 Å². The summed E-state index contributed by atoms with van der Waals surface area (Å²) in [6.07, 6.45) is 1.88. The summed E-state index contributed by atoms with van der Waals surface area (Å²) in [6, 6.07) is 2.01. The summed E-state index contributed by atoms with van der Waals surface area (Å²) in [5.74, 6) is 1.52. The Hall–Kier alpha value is -0.960.